The predicted molar refractivity (Wildman–Crippen MR) is 78.3 cm³/mol. The molecule has 6 heteroatoms. The second-order valence-corrected chi connectivity index (χ2v) is 4.61. The molecule has 1 aromatic carbocycles. The van der Waals surface area contributed by atoms with E-state index in [4.69, 9.17) is 4.52 Å². The summed E-state index contributed by atoms with van der Waals surface area (Å²) in [6.07, 6.45) is 0.859. The number of carbonyl (C=O) groups excluding carboxylic acids is 2. The average molecular weight is 287 g/mol. The van der Waals surface area contributed by atoms with Crippen LogP contribution in [0.1, 0.15) is 39.8 Å². The maximum Gasteiger partial charge on any atom is 0.256 e. The van der Waals surface area contributed by atoms with Gasteiger partial charge in [0.2, 0.25) is 0 Å². The Bertz CT molecular complexity index is 649. The van der Waals surface area contributed by atoms with Crippen molar-refractivity contribution in [2.45, 2.75) is 20.3 Å². The average Bonchev–Trinajstić information content (AvgIpc) is 2.90. The Morgan fingerprint density at radius 2 is 1.90 bits per heavy atom. The molecule has 0 saturated heterocycles. The molecule has 0 aliphatic heterocycles. The van der Waals surface area contributed by atoms with Crippen LogP contribution in [0.5, 0.6) is 0 Å². The molecule has 0 radical (unpaired) electrons. The molecule has 0 aliphatic rings. The molecule has 2 aromatic rings. The van der Waals surface area contributed by atoms with E-state index in [2.05, 4.69) is 15.8 Å². The van der Waals surface area contributed by atoms with Crippen LogP contribution in [0.15, 0.2) is 34.9 Å². The minimum atomic E-state index is -0.339. The van der Waals surface area contributed by atoms with Gasteiger partial charge in [0.15, 0.2) is 5.82 Å². The van der Waals surface area contributed by atoms with E-state index >= 15 is 0 Å². The fourth-order valence-electron chi connectivity index (χ4n) is 1.76. The molecular weight excluding hydrogens is 270 g/mol. The molecule has 0 fully saturated rings. The van der Waals surface area contributed by atoms with Gasteiger partial charge >= 0.3 is 0 Å². The first-order valence-corrected chi connectivity index (χ1v) is 6.73. The molecule has 0 saturated carbocycles. The molecule has 21 heavy (non-hydrogen) atoms. The van der Waals surface area contributed by atoms with E-state index in [1.807, 2.05) is 6.92 Å². The van der Waals surface area contributed by atoms with Crippen LogP contribution in [0, 0.1) is 6.92 Å². The van der Waals surface area contributed by atoms with Crippen LogP contribution >= 0.6 is 0 Å². The normalized spacial score (nSPS) is 10.2. The summed E-state index contributed by atoms with van der Waals surface area (Å²) in [4.78, 5) is 24.0. The summed E-state index contributed by atoms with van der Waals surface area (Å²) in [5, 5.41) is 9.08. The number of aryl methyl sites for hydroxylation is 1. The van der Waals surface area contributed by atoms with Crippen LogP contribution in [0.2, 0.25) is 0 Å². The van der Waals surface area contributed by atoms with E-state index in [-0.39, 0.29) is 11.8 Å². The van der Waals surface area contributed by atoms with E-state index < -0.39 is 0 Å². The van der Waals surface area contributed by atoms with E-state index in [0.717, 1.165) is 6.42 Å². The summed E-state index contributed by atoms with van der Waals surface area (Å²) in [7, 11) is 0. The van der Waals surface area contributed by atoms with E-state index in [1.165, 1.54) is 0 Å². The first-order valence-electron chi connectivity index (χ1n) is 6.73. The van der Waals surface area contributed by atoms with E-state index in [0.29, 0.717) is 29.2 Å². The molecule has 2 N–H and O–H groups in total. The molecule has 110 valence electrons. The van der Waals surface area contributed by atoms with Crippen LogP contribution < -0.4 is 10.6 Å². The van der Waals surface area contributed by atoms with Crippen LogP contribution in [0.4, 0.5) is 5.82 Å². The first-order chi connectivity index (χ1) is 10.1. The predicted octanol–water partition coefficient (Wildman–Crippen LogP) is 2.38. The number of rotatable bonds is 5. The molecule has 2 rings (SSSR count). The number of hydrogen-bond donors (Lipinski definition) is 2. The molecule has 6 nitrogen and oxygen atoms in total. The van der Waals surface area contributed by atoms with Gasteiger partial charge in [0, 0.05) is 23.7 Å². The summed E-state index contributed by atoms with van der Waals surface area (Å²) >= 11 is 0. The lowest BCUT2D eigenvalue weighted by Gasteiger charge is -2.06. The van der Waals surface area contributed by atoms with Crippen molar-refractivity contribution in [3.63, 3.8) is 0 Å². The maximum absolute atomic E-state index is 12.1. The Balaban J connectivity index is 2.09. The number of aromatic nitrogens is 1. The Kier molecular flexibility index (Phi) is 4.71. The molecule has 1 aromatic heterocycles. The van der Waals surface area contributed by atoms with Crippen LogP contribution in [0.25, 0.3) is 0 Å². The van der Waals surface area contributed by atoms with Gasteiger partial charge in [-0.3, -0.25) is 9.59 Å². The maximum atomic E-state index is 12.1. The van der Waals surface area contributed by atoms with Gasteiger partial charge in [0.25, 0.3) is 11.8 Å². The van der Waals surface area contributed by atoms with Gasteiger partial charge in [-0.2, -0.15) is 0 Å². The Morgan fingerprint density at radius 3 is 2.52 bits per heavy atom. The highest BCUT2D eigenvalue weighted by Gasteiger charge is 2.11. The highest BCUT2D eigenvalue weighted by Crippen LogP contribution is 2.11. The van der Waals surface area contributed by atoms with Crippen LogP contribution in [0.3, 0.4) is 0 Å². The summed E-state index contributed by atoms with van der Waals surface area (Å²) in [5.41, 5.74) is 0.840. The minimum absolute atomic E-state index is 0.191. The first kappa shape index (κ1) is 14.8. The summed E-state index contributed by atoms with van der Waals surface area (Å²) in [6.45, 7) is 4.32. The molecule has 2 amide bonds. The van der Waals surface area contributed by atoms with Gasteiger partial charge in [0.1, 0.15) is 5.76 Å². The largest absolute Gasteiger partial charge is 0.360 e. The Labute approximate surface area is 122 Å². The fourth-order valence-corrected chi connectivity index (χ4v) is 1.76. The summed E-state index contributed by atoms with van der Waals surface area (Å²) in [5.74, 6) is 0.425. The molecule has 0 aliphatic carbocycles. The van der Waals surface area contributed by atoms with Gasteiger partial charge in [0.05, 0.1) is 0 Å². The third-order valence-corrected chi connectivity index (χ3v) is 2.79. The van der Waals surface area contributed by atoms with Crippen molar-refractivity contribution in [3.8, 4) is 0 Å². The highest BCUT2D eigenvalue weighted by atomic mass is 16.5. The van der Waals surface area contributed by atoms with E-state index in [9.17, 15) is 9.59 Å². The van der Waals surface area contributed by atoms with Crippen molar-refractivity contribution >= 4 is 17.6 Å². The molecule has 0 atom stereocenters. The van der Waals surface area contributed by atoms with Crippen molar-refractivity contribution in [2.75, 3.05) is 11.9 Å². The molecular formula is C15H17N3O3. The standard InChI is InChI=1S/C15H17N3O3/c1-3-7-16-14(19)11-5-4-6-12(9-11)15(20)17-13-8-10(2)21-18-13/h4-6,8-9H,3,7H2,1-2H3,(H,16,19)(H,17,18,20). The topological polar surface area (TPSA) is 84.2 Å². The number of nitrogens with one attached hydrogen (secondary N) is 2. The van der Waals surface area contributed by atoms with Gasteiger partial charge in [-0.1, -0.05) is 18.1 Å². The SMILES string of the molecule is CCCNC(=O)c1cccc(C(=O)Nc2cc(C)on2)c1. The number of carbonyl (C=O) groups is 2. The minimum Gasteiger partial charge on any atom is -0.360 e. The van der Waals surface area contributed by atoms with Crippen LogP contribution in [-0.2, 0) is 0 Å². The van der Waals surface area contributed by atoms with Gasteiger partial charge in [-0.25, -0.2) is 0 Å². The van der Waals surface area contributed by atoms with E-state index in [1.54, 1.807) is 37.3 Å². The quantitative estimate of drug-likeness (QED) is 0.884. The lowest BCUT2D eigenvalue weighted by molar-refractivity contribution is 0.0953. The number of benzene rings is 1. The van der Waals surface area contributed by atoms with Gasteiger partial charge in [-0.15, -0.1) is 0 Å². The summed E-state index contributed by atoms with van der Waals surface area (Å²) < 4.78 is 4.88. The van der Waals surface area contributed by atoms with Gasteiger partial charge in [-0.05, 0) is 31.5 Å². The number of anilines is 1. The molecule has 0 unspecified atom stereocenters. The number of hydrogen-bond acceptors (Lipinski definition) is 4. The second kappa shape index (κ2) is 6.69. The third kappa shape index (κ3) is 3.92. The van der Waals surface area contributed by atoms with Crippen molar-refractivity contribution in [1.82, 2.24) is 10.5 Å². The lowest BCUT2D eigenvalue weighted by Crippen LogP contribution is -2.24. The Hall–Kier alpha value is -2.63. The highest BCUT2D eigenvalue weighted by molar-refractivity contribution is 6.05. The van der Waals surface area contributed by atoms with Crippen molar-refractivity contribution in [1.29, 1.82) is 0 Å². The zero-order chi connectivity index (χ0) is 15.2. The zero-order valence-corrected chi connectivity index (χ0v) is 12.0. The number of amides is 2. The number of nitrogens with zero attached hydrogens (tertiary/aromatic N) is 1. The lowest BCUT2D eigenvalue weighted by atomic mass is 10.1. The third-order valence-electron chi connectivity index (χ3n) is 2.79. The molecule has 0 bridgehead atoms. The monoisotopic (exact) mass is 287 g/mol. The molecule has 1 heterocycles. The fraction of sp³-hybridized carbons (Fsp3) is 0.267. The second-order valence-electron chi connectivity index (χ2n) is 4.61. The van der Waals surface area contributed by atoms with Crippen molar-refractivity contribution < 1.29 is 14.1 Å². The van der Waals surface area contributed by atoms with Gasteiger partial charge < -0.3 is 15.2 Å². The smallest absolute Gasteiger partial charge is 0.256 e. The van der Waals surface area contributed by atoms with Crippen molar-refractivity contribution in [2.24, 2.45) is 0 Å². The summed E-state index contributed by atoms with van der Waals surface area (Å²) in [6, 6.07) is 8.15. The zero-order valence-electron chi connectivity index (χ0n) is 12.0. The molecule has 0 spiro atoms. The van der Waals surface area contributed by atoms with Crippen molar-refractivity contribution in [3.05, 3.63) is 47.2 Å². The van der Waals surface area contributed by atoms with Crippen LogP contribution in [-0.4, -0.2) is 23.5 Å². The Morgan fingerprint density at radius 1 is 1.19 bits per heavy atom.